The summed E-state index contributed by atoms with van der Waals surface area (Å²) in [6.45, 7) is 0.899. The topological polar surface area (TPSA) is 84.6 Å². The Labute approximate surface area is 101 Å². The first-order valence-corrected chi connectivity index (χ1v) is 5.46. The second-order valence-corrected chi connectivity index (χ2v) is 3.74. The Kier molecular flexibility index (Phi) is 5.45. The van der Waals surface area contributed by atoms with Gasteiger partial charge in [0.15, 0.2) is 0 Å². The van der Waals surface area contributed by atoms with Crippen LogP contribution in [-0.2, 0) is 4.74 Å². The number of amides is 1. The van der Waals surface area contributed by atoms with E-state index in [-0.39, 0.29) is 17.7 Å². The molecule has 0 spiro atoms. The van der Waals surface area contributed by atoms with E-state index in [1.54, 1.807) is 19.2 Å². The van der Waals surface area contributed by atoms with E-state index in [1.807, 2.05) is 0 Å². The molecule has 0 saturated heterocycles. The van der Waals surface area contributed by atoms with Crippen LogP contribution in [0.25, 0.3) is 0 Å². The molecule has 0 aromatic heterocycles. The summed E-state index contributed by atoms with van der Waals surface area (Å²) in [5.41, 5.74) is 5.97. The standard InChI is InChI=1S/C12H18N2O3/c1-17-6-5-10(8-13)14-12(16)9-3-2-4-11(15)7-9/h2-4,7,10,15H,5-6,8,13H2,1H3,(H,14,16). The molecule has 5 nitrogen and oxygen atoms in total. The lowest BCUT2D eigenvalue weighted by molar-refractivity contribution is 0.0926. The molecular formula is C12H18N2O3. The molecule has 4 N–H and O–H groups in total. The van der Waals surface area contributed by atoms with Crippen LogP contribution in [0.15, 0.2) is 24.3 Å². The molecule has 1 rings (SSSR count). The van der Waals surface area contributed by atoms with Crippen molar-refractivity contribution in [3.63, 3.8) is 0 Å². The van der Waals surface area contributed by atoms with Gasteiger partial charge in [-0.2, -0.15) is 0 Å². The minimum atomic E-state index is -0.243. The third-order valence-electron chi connectivity index (χ3n) is 2.40. The van der Waals surface area contributed by atoms with E-state index in [0.717, 1.165) is 0 Å². The third-order valence-corrected chi connectivity index (χ3v) is 2.40. The van der Waals surface area contributed by atoms with Gasteiger partial charge in [-0.15, -0.1) is 0 Å². The summed E-state index contributed by atoms with van der Waals surface area (Å²) in [7, 11) is 1.60. The van der Waals surface area contributed by atoms with Gasteiger partial charge < -0.3 is 20.9 Å². The number of carbonyl (C=O) groups excluding carboxylic acids is 1. The van der Waals surface area contributed by atoms with Gasteiger partial charge in [-0.3, -0.25) is 4.79 Å². The molecule has 1 aromatic carbocycles. The SMILES string of the molecule is COCCC(CN)NC(=O)c1cccc(O)c1. The second-order valence-electron chi connectivity index (χ2n) is 3.74. The Balaban J connectivity index is 2.58. The van der Waals surface area contributed by atoms with E-state index in [9.17, 15) is 9.90 Å². The number of hydrogen-bond acceptors (Lipinski definition) is 4. The van der Waals surface area contributed by atoms with Crippen LogP contribution in [-0.4, -0.2) is 37.3 Å². The Morgan fingerprint density at radius 1 is 1.59 bits per heavy atom. The van der Waals surface area contributed by atoms with E-state index in [0.29, 0.717) is 25.1 Å². The largest absolute Gasteiger partial charge is 0.508 e. The number of hydrogen-bond donors (Lipinski definition) is 3. The lowest BCUT2D eigenvalue weighted by atomic mass is 10.1. The number of nitrogens with one attached hydrogen (secondary N) is 1. The Morgan fingerprint density at radius 2 is 2.35 bits per heavy atom. The average molecular weight is 238 g/mol. The molecule has 1 unspecified atom stereocenters. The van der Waals surface area contributed by atoms with Crippen LogP contribution in [0, 0.1) is 0 Å². The van der Waals surface area contributed by atoms with Gasteiger partial charge in [-0.05, 0) is 24.6 Å². The van der Waals surface area contributed by atoms with Crippen LogP contribution in [0.4, 0.5) is 0 Å². The zero-order chi connectivity index (χ0) is 12.7. The van der Waals surface area contributed by atoms with Crippen molar-refractivity contribution in [1.82, 2.24) is 5.32 Å². The van der Waals surface area contributed by atoms with Crippen LogP contribution in [0.1, 0.15) is 16.8 Å². The summed E-state index contributed by atoms with van der Waals surface area (Å²) in [5, 5.41) is 12.1. The van der Waals surface area contributed by atoms with E-state index in [4.69, 9.17) is 10.5 Å². The fourth-order valence-electron chi connectivity index (χ4n) is 1.42. The van der Waals surface area contributed by atoms with E-state index < -0.39 is 0 Å². The normalized spacial score (nSPS) is 12.1. The molecule has 0 radical (unpaired) electrons. The number of phenols is 1. The smallest absolute Gasteiger partial charge is 0.251 e. The van der Waals surface area contributed by atoms with E-state index in [1.165, 1.54) is 12.1 Å². The lowest BCUT2D eigenvalue weighted by Gasteiger charge is -2.16. The first-order chi connectivity index (χ1) is 8.17. The number of methoxy groups -OCH3 is 1. The zero-order valence-corrected chi connectivity index (χ0v) is 9.85. The Bertz CT molecular complexity index is 369. The predicted molar refractivity (Wildman–Crippen MR) is 64.9 cm³/mol. The highest BCUT2D eigenvalue weighted by Gasteiger charge is 2.12. The molecule has 94 valence electrons. The molecule has 1 amide bonds. The molecule has 17 heavy (non-hydrogen) atoms. The Hall–Kier alpha value is -1.59. The van der Waals surface area contributed by atoms with Gasteiger partial charge in [0.2, 0.25) is 0 Å². The number of aromatic hydroxyl groups is 1. The summed E-state index contributed by atoms with van der Waals surface area (Å²) < 4.78 is 4.93. The highest BCUT2D eigenvalue weighted by molar-refractivity contribution is 5.94. The summed E-state index contributed by atoms with van der Waals surface area (Å²) >= 11 is 0. The fourth-order valence-corrected chi connectivity index (χ4v) is 1.42. The van der Waals surface area contributed by atoms with Crippen LogP contribution in [0.2, 0.25) is 0 Å². The first kappa shape index (κ1) is 13.5. The van der Waals surface area contributed by atoms with Crippen molar-refractivity contribution in [1.29, 1.82) is 0 Å². The molecule has 0 aliphatic rings. The molecule has 0 heterocycles. The minimum absolute atomic E-state index is 0.0684. The van der Waals surface area contributed by atoms with Crippen molar-refractivity contribution in [3.05, 3.63) is 29.8 Å². The van der Waals surface area contributed by atoms with Gasteiger partial charge in [0.1, 0.15) is 5.75 Å². The maximum absolute atomic E-state index is 11.8. The van der Waals surface area contributed by atoms with Crippen molar-refractivity contribution in [2.24, 2.45) is 5.73 Å². The third kappa shape index (κ3) is 4.42. The van der Waals surface area contributed by atoms with Crippen molar-refractivity contribution < 1.29 is 14.6 Å². The maximum Gasteiger partial charge on any atom is 0.251 e. The molecule has 0 saturated carbocycles. The monoisotopic (exact) mass is 238 g/mol. The minimum Gasteiger partial charge on any atom is -0.508 e. The second kappa shape index (κ2) is 6.88. The van der Waals surface area contributed by atoms with Gasteiger partial charge in [0, 0.05) is 31.9 Å². The summed E-state index contributed by atoms with van der Waals surface area (Å²) in [6.07, 6.45) is 0.664. The molecule has 0 aliphatic heterocycles. The quantitative estimate of drug-likeness (QED) is 0.673. The van der Waals surface area contributed by atoms with Crippen molar-refractivity contribution >= 4 is 5.91 Å². The first-order valence-electron chi connectivity index (χ1n) is 5.46. The number of carbonyl (C=O) groups is 1. The van der Waals surface area contributed by atoms with Gasteiger partial charge >= 0.3 is 0 Å². The van der Waals surface area contributed by atoms with Gasteiger partial charge in [0.05, 0.1) is 0 Å². The molecule has 1 atom stereocenters. The molecule has 0 bridgehead atoms. The van der Waals surface area contributed by atoms with E-state index in [2.05, 4.69) is 5.32 Å². The number of phenolic OH excluding ortho intramolecular Hbond substituents is 1. The fraction of sp³-hybridized carbons (Fsp3) is 0.417. The number of nitrogens with two attached hydrogens (primary N) is 1. The zero-order valence-electron chi connectivity index (χ0n) is 9.85. The molecular weight excluding hydrogens is 220 g/mol. The average Bonchev–Trinajstić information content (AvgIpc) is 2.34. The highest BCUT2D eigenvalue weighted by Crippen LogP contribution is 2.10. The lowest BCUT2D eigenvalue weighted by Crippen LogP contribution is -2.40. The van der Waals surface area contributed by atoms with Crippen LogP contribution >= 0.6 is 0 Å². The number of benzene rings is 1. The molecule has 0 aliphatic carbocycles. The maximum atomic E-state index is 11.8. The van der Waals surface area contributed by atoms with Crippen molar-refractivity contribution in [2.75, 3.05) is 20.3 Å². The number of ether oxygens (including phenoxy) is 1. The predicted octanol–water partition coefficient (Wildman–Crippen LogP) is 0.486. The van der Waals surface area contributed by atoms with Crippen LogP contribution in [0.5, 0.6) is 5.75 Å². The summed E-state index contributed by atoms with van der Waals surface area (Å²) in [4.78, 5) is 11.8. The molecule has 5 heteroatoms. The van der Waals surface area contributed by atoms with Crippen LogP contribution < -0.4 is 11.1 Å². The van der Waals surface area contributed by atoms with E-state index >= 15 is 0 Å². The van der Waals surface area contributed by atoms with Gasteiger partial charge in [0.25, 0.3) is 5.91 Å². The number of rotatable bonds is 6. The Morgan fingerprint density at radius 3 is 2.94 bits per heavy atom. The molecule has 1 aromatic rings. The summed E-state index contributed by atoms with van der Waals surface area (Å²) in [6, 6.07) is 6.07. The molecule has 0 fully saturated rings. The summed E-state index contributed by atoms with van der Waals surface area (Å²) in [5.74, 6) is -0.175. The van der Waals surface area contributed by atoms with Crippen molar-refractivity contribution in [2.45, 2.75) is 12.5 Å². The van der Waals surface area contributed by atoms with Crippen LogP contribution in [0.3, 0.4) is 0 Å². The van der Waals surface area contributed by atoms with Crippen molar-refractivity contribution in [3.8, 4) is 5.75 Å². The van der Waals surface area contributed by atoms with Gasteiger partial charge in [-0.1, -0.05) is 6.07 Å². The highest BCUT2D eigenvalue weighted by atomic mass is 16.5. The van der Waals surface area contributed by atoms with Gasteiger partial charge in [-0.25, -0.2) is 0 Å².